The molecule has 4 heterocycles. The molecule has 1 aliphatic rings. The fourth-order valence-electron chi connectivity index (χ4n) is 2.96. The Morgan fingerprint density at radius 2 is 1.96 bits per heavy atom. The smallest absolute Gasteiger partial charge is 0.163 e. The maximum Gasteiger partial charge on any atom is 0.163 e. The van der Waals surface area contributed by atoms with Crippen LogP contribution >= 0.6 is 11.3 Å². The number of nitrogens with zero attached hydrogens (tertiary/aromatic N) is 4. The van der Waals surface area contributed by atoms with Gasteiger partial charge in [-0.15, -0.1) is 11.3 Å². The van der Waals surface area contributed by atoms with E-state index in [0.29, 0.717) is 11.7 Å². The average molecular weight is 347 g/mol. The number of rotatable bonds is 3. The Morgan fingerprint density at radius 1 is 1.12 bits per heavy atom. The number of amidine groups is 1. The van der Waals surface area contributed by atoms with Crippen LogP contribution in [0.25, 0.3) is 0 Å². The van der Waals surface area contributed by atoms with Gasteiger partial charge in [0.1, 0.15) is 11.9 Å². The Labute approximate surface area is 150 Å². The number of aliphatic imine (C=N–C) groups is 2. The lowest BCUT2D eigenvalue weighted by atomic mass is 10.0. The first-order valence-electron chi connectivity index (χ1n) is 8.12. The van der Waals surface area contributed by atoms with Gasteiger partial charge in [-0.3, -0.25) is 9.98 Å². The molecule has 0 saturated carbocycles. The summed E-state index contributed by atoms with van der Waals surface area (Å²) >= 11 is 1.66. The zero-order valence-electron chi connectivity index (χ0n) is 13.8. The fourth-order valence-corrected chi connectivity index (χ4v) is 3.69. The van der Waals surface area contributed by atoms with Crippen molar-refractivity contribution in [2.75, 3.05) is 0 Å². The van der Waals surface area contributed by atoms with E-state index in [0.717, 1.165) is 28.1 Å². The quantitative estimate of drug-likeness (QED) is 0.785. The maximum absolute atomic E-state index is 6.32. The Balaban J connectivity index is 1.99. The van der Waals surface area contributed by atoms with Crippen molar-refractivity contribution >= 4 is 28.7 Å². The first kappa shape index (κ1) is 15.7. The zero-order chi connectivity index (χ0) is 17.2. The van der Waals surface area contributed by atoms with E-state index in [-0.39, 0.29) is 6.04 Å². The number of fused-ring (bicyclic) bond motifs is 1. The van der Waals surface area contributed by atoms with Crippen molar-refractivity contribution < 1.29 is 0 Å². The van der Waals surface area contributed by atoms with Crippen LogP contribution in [-0.4, -0.2) is 21.5 Å². The van der Waals surface area contributed by atoms with Crippen LogP contribution in [0.15, 0.2) is 64.3 Å². The highest BCUT2D eigenvalue weighted by atomic mass is 32.1. The summed E-state index contributed by atoms with van der Waals surface area (Å²) in [5.74, 6) is 1.08. The van der Waals surface area contributed by atoms with Gasteiger partial charge in [0.05, 0.1) is 10.6 Å². The number of aromatic nitrogens is 2. The maximum atomic E-state index is 6.32. The number of thiophene rings is 1. The van der Waals surface area contributed by atoms with Crippen LogP contribution in [0, 0.1) is 0 Å². The van der Waals surface area contributed by atoms with Crippen LogP contribution in [0.2, 0.25) is 0 Å². The van der Waals surface area contributed by atoms with Crippen molar-refractivity contribution in [3.8, 4) is 0 Å². The molecule has 3 aromatic rings. The molecule has 0 fully saturated rings. The molecule has 2 N–H and O–H groups in total. The van der Waals surface area contributed by atoms with E-state index < -0.39 is 0 Å². The number of aryl methyl sites for hydroxylation is 1. The summed E-state index contributed by atoms with van der Waals surface area (Å²) in [6.45, 7) is 2.12. The van der Waals surface area contributed by atoms with Crippen LogP contribution in [-0.2, 0) is 6.42 Å². The van der Waals surface area contributed by atoms with Crippen LogP contribution in [0.3, 0.4) is 0 Å². The van der Waals surface area contributed by atoms with E-state index in [1.54, 1.807) is 29.9 Å². The Morgan fingerprint density at radius 3 is 2.68 bits per heavy atom. The van der Waals surface area contributed by atoms with Crippen molar-refractivity contribution in [1.29, 1.82) is 0 Å². The molecule has 1 atom stereocenters. The second-order valence-electron chi connectivity index (χ2n) is 5.70. The molecule has 0 aromatic carbocycles. The lowest BCUT2D eigenvalue weighted by Crippen LogP contribution is -2.20. The van der Waals surface area contributed by atoms with Crippen molar-refractivity contribution in [2.45, 2.75) is 19.4 Å². The standard InChI is InChI=1S/C19H17N5S/c1-2-12-7-10-22-19-15(12)17(14-4-3-11-25-14)23-16(18(20)24-19)13-5-8-21-9-6-13/h3-11,16H,2H2,1H3,(H2,20,22,24). The third-order valence-electron chi connectivity index (χ3n) is 4.18. The minimum atomic E-state index is -0.348. The van der Waals surface area contributed by atoms with Gasteiger partial charge in [-0.2, -0.15) is 0 Å². The van der Waals surface area contributed by atoms with Gasteiger partial charge in [0.25, 0.3) is 0 Å². The SMILES string of the molecule is CCc1ccnc2c1C(c1cccs1)=NC(c1ccncc1)C(N)=N2. The number of hydrogen-bond donors (Lipinski definition) is 1. The minimum Gasteiger partial charge on any atom is -0.385 e. The van der Waals surface area contributed by atoms with Gasteiger partial charge in [0.2, 0.25) is 0 Å². The molecule has 0 spiro atoms. The molecule has 0 saturated heterocycles. The molecule has 1 aliphatic heterocycles. The molecule has 124 valence electrons. The fraction of sp³-hybridized carbons (Fsp3) is 0.158. The number of hydrogen-bond acceptors (Lipinski definition) is 6. The summed E-state index contributed by atoms with van der Waals surface area (Å²) in [6, 6.07) is 9.63. The predicted molar refractivity (Wildman–Crippen MR) is 102 cm³/mol. The second-order valence-corrected chi connectivity index (χ2v) is 6.64. The highest BCUT2D eigenvalue weighted by Gasteiger charge is 2.25. The van der Waals surface area contributed by atoms with E-state index in [2.05, 4.69) is 33.3 Å². The van der Waals surface area contributed by atoms with E-state index >= 15 is 0 Å². The lowest BCUT2D eigenvalue weighted by molar-refractivity contribution is 0.946. The van der Waals surface area contributed by atoms with Gasteiger partial charge >= 0.3 is 0 Å². The molecule has 0 radical (unpaired) electrons. The summed E-state index contributed by atoms with van der Waals surface area (Å²) in [5, 5.41) is 2.05. The van der Waals surface area contributed by atoms with Gasteiger partial charge in [-0.1, -0.05) is 13.0 Å². The van der Waals surface area contributed by atoms with E-state index in [4.69, 9.17) is 10.7 Å². The topological polar surface area (TPSA) is 76.5 Å². The van der Waals surface area contributed by atoms with Gasteiger partial charge in [0.15, 0.2) is 5.82 Å². The Kier molecular flexibility index (Phi) is 4.11. The molecular weight excluding hydrogens is 330 g/mol. The lowest BCUT2D eigenvalue weighted by Gasteiger charge is -2.13. The van der Waals surface area contributed by atoms with Crippen LogP contribution < -0.4 is 5.73 Å². The highest BCUT2D eigenvalue weighted by molar-refractivity contribution is 7.12. The van der Waals surface area contributed by atoms with Crippen LogP contribution in [0.4, 0.5) is 5.82 Å². The summed E-state index contributed by atoms with van der Waals surface area (Å²) < 4.78 is 0. The molecule has 1 unspecified atom stereocenters. The molecule has 25 heavy (non-hydrogen) atoms. The van der Waals surface area contributed by atoms with Crippen molar-refractivity contribution in [1.82, 2.24) is 9.97 Å². The van der Waals surface area contributed by atoms with Gasteiger partial charge in [-0.25, -0.2) is 9.98 Å². The summed E-state index contributed by atoms with van der Waals surface area (Å²) in [4.78, 5) is 19.3. The summed E-state index contributed by atoms with van der Waals surface area (Å²) in [5.41, 5.74) is 10.3. The molecule has 6 heteroatoms. The molecule has 5 nitrogen and oxygen atoms in total. The molecule has 3 aromatic heterocycles. The monoisotopic (exact) mass is 347 g/mol. The third-order valence-corrected chi connectivity index (χ3v) is 5.06. The average Bonchev–Trinajstić information content (AvgIpc) is 3.13. The van der Waals surface area contributed by atoms with Crippen molar-refractivity contribution in [2.24, 2.45) is 15.7 Å². The normalized spacial score (nSPS) is 16.6. The number of nitrogens with two attached hydrogens (primary N) is 1. The first-order valence-corrected chi connectivity index (χ1v) is 8.99. The predicted octanol–water partition coefficient (Wildman–Crippen LogP) is 3.68. The Hall–Kier alpha value is -2.86. The van der Waals surface area contributed by atoms with Gasteiger partial charge < -0.3 is 5.73 Å². The molecule has 0 amide bonds. The largest absolute Gasteiger partial charge is 0.385 e. The third kappa shape index (κ3) is 2.85. The van der Waals surface area contributed by atoms with E-state index in [9.17, 15) is 0 Å². The van der Waals surface area contributed by atoms with E-state index in [1.165, 1.54) is 5.56 Å². The first-order chi connectivity index (χ1) is 12.3. The molecule has 4 rings (SSSR count). The second kappa shape index (κ2) is 6.57. The summed E-state index contributed by atoms with van der Waals surface area (Å²) in [6.07, 6.45) is 6.16. The Bertz CT molecular complexity index is 945. The molecular formula is C19H17N5S. The zero-order valence-corrected chi connectivity index (χ0v) is 14.6. The van der Waals surface area contributed by atoms with Crippen LogP contribution in [0.1, 0.15) is 34.5 Å². The highest BCUT2D eigenvalue weighted by Crippen LogP contribution is 2.32. The van der Waals surface area contributed by atoms with Gasteiger partial charge in [-0.05, 0) is 47.2 Å². The summed E-state index contributed by atoms with van der Waals surface area (Å²) in [7, 11) is 0. The molecule has 0 bridgehead atoms. The van der Waals surface area contributed by atoms with Crippen molar-refractivity contribution in [3.05, 3.63) is 75.9 Å². The molecule has 0 aliphatic carbocycles. The van der Waals surface area contributed by atoms with E-state index in [1.807, 2.05) is 24.3 Å². The van der Waals surface area contributed by atoms with Crippen molar-refractivity contribution in [3.63, 3.8) is 0 Å². The minimum absolute atomic E-state index is 0.348. The number of pyridine rings is 2. The van der Waals surface area contributed by atoms with Crippen LogP contribution in [0.5, 0.6) is 0 Å². The van der Waals surface area contributed by atoms with Gasteiger partial charge in [0, 0.05) is 24.2 Å².